The minimum Gasteiger partial charge on any atom is -0.327 e. The van der Waals surface area contributed by atoms with Crippen molar-refractivity contribution in [2.45, 2.75) is 18.9 Å². The molecule has 1 aliphatic rings. The van der Waals surface area contributed by atoms with Crippen LogP contribution in [0.25, 0.3) is 0 Å². The molecule has 0 amide bonds. The molecule has 1 fully saturated rings. The van der Waals surface area contributed by atoms with Crippen LogP contribution < -0.4 is 5.73 Å². The van der Waals surface area contributed by atoms with Crippen LogP contribution in [-0.4, -0.2) is 12.7 Å². The predicted molar refractivity (Wildman–Crippen MR) is 26.7 cm³/mol. The van der Waals surface area contributed by atoms with Crippen molar-refractivity contribution in [2.75, 3.05) is 6.67 Å². The van der Waals surface area contributed by atoms with E-state index in [0.717, 1.165) is 12.8 Å². The Morgan fingerprint density at radius 3 is 2.29 bits per heavy atom. The van der Waals surface area contributed by atoms with Gasteiger partial charge in [0.25, 0.3) is 0 Å². The maximum absolute atomic E-state index is 11.6. The largest absolute Gasteiger partial charge is 0.327 e. The molecule has 0 aromatic carbocycles. The minimum atomic E-state index is -0.221. The van der Waals surface area contributed by atoms with E-state index in [0.29, 0.717) is 0 Å². The van der Waals surface area contributed by atoms with Crippen LogP contribution in [-0.2, 0) is 0 Å². The SMILES string of the molecule is N[C@@H]1CC[C@@H]1CF. The molecular formula is C5H10FN. The fourth-order valence-electron chi connectivity index (χ4n) is 0.786. The normalized spacial score (nSPS) is 40.3. The Bertz CT molecular complexity index is 63.1. The summed E-state index contributed by atoms with van der Waals surface area (Å²) in [6, 6.07) is 0.171. The molecule has 0 heterocycles. The molecular weight excluding hydrogens is 93.1 g/mol. The highest BCUT2D eigenvalue weighted by atomic mass is 19.1. The van der Waals surface area contributed by atoms with Crippen LogP contribution in [0.1, 0.15) is 12.8 Å². The van der Waals surface area contributed by atoms with Gasteiger partial charge in [-0.3, -0.25) is 4.39 Å². The highest BCUT2D eigenvalue weighted by molar-refractivity contribution is 4.82. The molecule has 0 radical (unpaired) electrons. The Morgan fingerprint density at radius 1 is 1.57 bits per heavy atom. The second-order valence-electron chi connectivity index (χ2n) is 2.16. The Balaban J connectivity index is 2.16. The van der Waals surface area contributed by atoms with Gasteiger partial charge in [-0.05, 0) is 12.8 Å². The molecule has 0 bridgehead atoms. The average molecular weight is 103 g/mol. The zero-order chi connectivity index (χ0) is 5.28. The van der Waals surface area contributed by atoms with Gasteiger partial charge < -0.3 is 5.73 Å². The molecule has 1 nitrogen and oxygen atoms in total. The van der Waals surface area contributed by atoms with E-state index in [1.54, 1.807) is 0 Å². The van der Waals surface area contributed by atoms with Crippen LogP contribution in [0.2, 0.25) is 0 Å². The summed E-state index contributed by atoms with van der Waals surface area (Å²) < 4.78 is 11.6. The third-order valence-electron chi connectivity index (χ3n) is 1.67. The first-order valence-electron chi connectivity index (χ1n) is 2.66. The standard InChI is InChI=1S/C5H10FN/c6-3-4-1-2-5(4)7/h4-5H,1-3,7H2/t4-,5-/m1/s1. The molecule has 0 aliphatic heterocycles. The predicted octanol–water partition coefficient (Wildman–Crippen LogP) is 0.693. The van der Waals surface area contributed by atoms with E-state index in [-0.39, 0.29) is 18.6 Å². The molecule has 1 rings (SSSR count). The van der Waals surface area contributed by atoms with Crippen LogP contribution in [0.4, 0.5) is 4.39 Å². The first-order valence-corrected chi connectivity index (χ1v) is 2.66. The van der Waals surface area contributed by atoms with Gasteiger partial charge in [-0.15, -0.1) is 0 Å². The van der Waals surface area contributed by atoms with Crippen molar-refractivity contribution in [1.82, 2.24) is 0 Å². The molecule has 0 spiro atoms. The Kier molecular flexibility index (Phi) is 1.28. The lowest BCUT2D eigenvalue weighted by Gasteiger charge is -2.30. The van der Waals surface area contributed by atoms with Crippen molar-refractivity contribution in [3.63, 3.8) is 0 Å². The lowest BCUT2D eigenvalue weighted by Crippen LogP contribution is -2.40. The molecule has 1 saturated carbocycles. The van der Waals surface area contributed by atoms with E-state index < -0.39 is 0 Å². The number of alkyl halides is 1. The van der Waals surface area contributed by atoms with Crippen LogP contribution in [0.3, 0.4) is 0 Å². The number of hydrogen-bond acceptors (Lipinski definition) is 1. The maximum atomic E-state index is 11.6. The van der Waals surface area contributed by atoms with Gasteiger partial charge in [0, 0.05) is 12.0 Å². The topological polar surface area (TPSA) is 26.0 Å². The first kappa shape index (κ1) is 5.04. The third kappa shape index (κ3) is 0.752. The summed E-state index contributed by atoms with van der Waals surface area (Å²) in [6.45, 7) is -0.221. The second-order valence-corrected chi connectivity index (χ2v) is 2.16. The molecule has 0 saturated heterocycles. The minimum absolute atomic E-state index is 0.171. The first-order chi connectivity index (χ1) is 3.34. The van der Waals surface area contributed by atoms with Gasteiger partial charge in [0.15, 0.2) is 0 Å². The lowest BCUT2D eigenvalue weighted by atomic mass is 9.81. The van der Waals surface area contributed by atoms with E-state index in [4.69, 9.17) is 5.73 Å². The Labute approximate surface area is 42.7 Å². The van der Waals surface area contributed by atoms with Gasteiger partial charge >= 0.3 is 0 Å². The van der Waals surface area contributed by atoms with E-state index in [1.165, 1.54) is 0 Å². The number of nitrogens with two attached hydrogens (primary N) is 1. The monoisotopic (exact) mass is 103 g/mol. The van der Waals surface area contributed by atoms with E-state index in [1.807, 2.05) is 0 Å². The van der Waals surface area contributed by atoms with Crippen LogP contribution >= 0.6 is 0 Å². The summed E-state index contributed by atoms with van der Waals surface area (Å²) in [5.41, 5.74) is 5.39. The zero-order valence-electron chi connectivity index (χ0n) is 4.23. The van der Waals surface area contributed by atoms with E-state index in [2.05, 4.69) is 0 Å². The van der Waals surface area contributed by atoms with Crippen LogP contribution in [0, 0.1) is 5.92 Å². The lowest BCUT2D eigenvalue weighted by molar-refractivity contribution is 0.202. The molecule has 0 aromatic rings. The Morgan fingerprint density at radius 2 is 2.29 bits per heavy atom. The molecule has 2 atom stereocenters. The molecule has 7 heavy (non-hydrogen) atoms. The summed E-state index contributed by atoms with van der Waals surface area (Å²) in [4.78, 5) is 0. The zero-order valence-corrected chi connectivity index (χ0v) is 4.23. The van der Waals surface area contributed by atoms with Gasteiger partial charge in [0.1, 0.15) is 0 Å². The molecule has 0 aromatic heterocycles. The van der Waals surface area contributed by atoms with Gasteiger partial charge in [-0.1, -0.05) is 0 Å². The van der Waals surface area contributed by atoms with Crippen molar-refractivity contribution < 1.29 is 4.39 Å². The van der Waals surface area contributed by atoms with Gasteiger partial charge in [0.05, 0.1) is 6.67 Å². The molecule has 2 heteroatoms. The van der Waals surface area contributed by atoms with Crippen molar-refractivity contribution in [1.29, 1.82) is 0 Å². The third-order valence-corrected chi connectivity index (χ3v) is 1.67. The molecule has 1 aliphatic carbocycles. The molecule has 42 valence electrons. The van der Waals surface area contributed by atoms with Crippen LogP contribution in [0.15, 0.2) is 0 Å². The van der Waals surface area contributed by atoms with Crippen molar-refractivity contribution in [2.24, 2.45) is 11.7 Å². The van der Waals surface area contributed by atoms with Gasteiger partial charge in [0.2, 0.25) is 0 Å². The van der Waals surface area contributed by atoms with Crippen LogP contribution in [0.5, 0.6) is 0 Å². The number of halogens is 1. The number of rotatable bonds is 1. The quantitative estimate of drug-likeness (QED) is 0.519. The maximum Gasteiger partial charge on any atom is 0.0937 e. The smallest absolute Gasteiger partial charge is 0.0937 e. The highest BCUT2D eigenvalue weighted by Crippen LogP contribution is 2.25. The second kappa shape index (κ2) is 1.78. The average Bonchev–Trinajstić information content (AvgIpc) is 1.65. The summed E-state index contributed by atoms with van der Waals surface area (Å²) in [7, 11) is 0. The van der Waals surface area contributed by atoms with Crippen molar-refractivity contribution in [3.8, 4) is 0 Å². The fraction of sp³-hybridized carbons (Fsp3) is 1.00. The summed E-state index contributed by atoms with van der Waals surface area (Å²) in [6.07, 6.45) is 2.02. The molecule has 0 unspecified atom stereocenters. The van der Waals surface area contributed by atoms with E-state index >= 15 is 0 Å². The number of hydrogen-bond donors (Lipinski definition) is 1. The van der Waals surface area contributed by atoms with Crippen molar-refractivity contribution in [3.05, 3.63) is 0 Å². The summed E-state index contributed by atoms with van der Waals surface area (Å²) in [5.74, 6) is 0.194. The van der Waals surface area contributed by atoms with Gasteiger partial charge in [-0.25, -0.2) is 0 Å². The van der Waals surface area contributed by atoms with Gasteiger partial charge in [-0.2, -0.15) is 0 Å². The highest BCUT2D eigenvalue weighted by Gasteiger charge is 2.26. The van der Waals surface area contributed by atoms with Crippen molar-refractivity contribution >= 4 is 0 Å². The van der Waals surface area contributed by atoms with E-state index in [9.17, 15) is 4.39 Å². The molecule has 2 N–H and O–H groups in total. The Hall–Kier alpha value is -0.110. The fourth-order valence-corrected chi connectivity index (χ4v) is 0.786. The summed E-state index contributed by atoms with van der Waals surface area (Å²) in [5, 5.41) is 0. The summed E-state index contributed by atoms with van der Waals surface area (Å²) >= 11 is 0.